The topological polar surface area (TPSA) is 66.0 Å². The van der Waals surface area contributed by atoms with Crippen LogP contribution in [0.1, 0.15) is 15.3 Å². The first-order valence-electron chi connectivity index (χ1n) is 6.31. The number of imidazole rings is 1. The smallest absolute Gasteiger partial charge is 0.215 e. The van der Waals surface area contributed by atoms with Gasteiger partial charge in [0.1, 0.15) is 5.52 Å². The van der Waals surface area contributed by atoms with Crippen LogP contribution in [-0.4, -0.2) is 21.6 Å². The van der Waals surface area contributed by atoms with Crippen LogP contribution >= 0.6 is 11.3 Å². The van der Waals surface area contributed by atoms with Gasteiger partial charge in [-0.25, -0.2) is 4.98 Å². The van der Waals surface area contributed by atoms with Crippen LogP contribution in [0, 0.1) is 13.8 Å². The van der Waals surface area contributed by atoms with Crippen LogP contribution in [0.15, 0.2) is 18.2 Å². The van der Waals surface area contributed by atoms with Crippen molar-refractivity contribution < 1.29 is 4.74 Å². The minimum atomic E-state index is 0.476. The number of nitrogens with two attached hydrogens (primary N) is 1. The molecule has 3 rings (SSSR count). The van der Waals surface area contributed by atoms with Crippen LogP contribution in [0.25, 0.3) is 11.2 Å². The predicted octanol–water partition coefficient (Wildman–Crippen LogP) is 2.75. The average molecular weight is 288 g/mol. The molecule has 20 heavy (non-hydrogen) atoms. The summed E-state index contributed by atoms with van der Waals surface area (Å²) in [5, 5.41) is 0. The minimum Gasteiger partial charge on any atom is -0.481 e. The number of nitrogen functional groups attached to an aromatic ring is 1. The van der Waals surface area contributed by atoms with E-state index in [2.05, 4.69) is 29.9 Å². The number of aryl methyl sites for hydroxylation is 2. The lowest BCUT2D eigenvalue weighted by atomic mass is 10.3. The number of rotatable bonds is 3. The number of methoxy groups -OCH3 is 1. The Morgan fingerprint density at radius 3 is 2.75 bits per heavy atom. The van der Waals surface area contributed by atoms with Crippen molar-refractivity contribution in [3.8, 4) is 5.88 Å². The summed E-state index contributed by atoms with van der Waals surface area (Å²) in [4.78, 5) is 11.4. The number of nitrogens with zero attached hydrogens (tertiary/aromatic N) is 3. The summed E-state index contributed by atoms with van der Waals surface area (Å²) < 4.78 is 7.09. The number of aromatic nitrogens is 3. The lowest BCUT2D eigenvalue weighted by Crippen LogP contribution is -2.04. The minimum absolute atomic E-state index is 0.476. The van der Waals surface area contributed by atoms with E-state index in [0.29, 0.717) is 18.4 Å². The number of hydrogen-bond donors (Lipinski definition) is 1. The van der Waals surface area contributed by atoms with E-state index in [-0.39, 0.29) is 0 Å². The van der Waals surface area contributed by atoms with Gasteiger partial charge in [-0.2, -0.15) is 4.98 Å². The van der Waals surface area contributed by atoms with Gasteiger partial charge in [-0.1, -0.05) is 0 Å². The Bertz CT molecular complexity index is 755. The zero-order chi connectivity index (χ0) is 14.3. The standard InChI is InChI=1S/C14H16N4OS/c1-8-6-10(20-9(8)2)7-18-13-11(16-14(18)15)4-5-12(17-13)19-3/h4-6H,7H2,1-3H3,(H2,15,16). The highest BCUT2D eigenvalue weighted by atomic mass is 32.1. The zero-order valence-corrected chi connectivity index (χ0v) is 12.5. The molecule has 0 fully saturated rings. The quantitative estimate of drug-likeness (QED) is 0.804. The normalized spacial score (nSPS) is 11.2. The van der Waals surface area contributed by atoms with E-state index in [1.54, 1.807) is 24.5 Å². The summed E-state index contributed by atoms with van der Waals surface area (Å²) in [6.07, 6.45) is 0. The molecule has 0 bridgehead atoms. The fourth-order valence-corrected chi connectivity index (χ4v) is 3.20. The molecule has 0 radical (unpaired) electrons. The molecule has 0 unspecified atom stereocenters. The van der Waals surface area contributed by atoms with Crippen molar-refractivity contribution in [2.24, 2.45) is 0 Å². The number of fused-ring (bicyclic) bond motifs is 1. The van der Waals surface area contributed by atoms with Gasteiger partial charge >= 0.3 is 0 Å². The van der Waals surface area contributed by atoms with Gasteiger partial charge in [-0.05, 0) is 31.5 Å². The molecular formula is C14H16N4OS. The van der Waals surface area contributed by atoms with Crippen molar-refractivity contribution >= 4 is 28.4 Å². The number of hydrogen-bond acceptors (Lipinski definition) is 5. The third-order valence-electron chi connectivity index (χ3n) is 3.34. The first kappa shape index (κ1) is 12.9. The summed E-state index contributed by atoms with van der Waals surface area (Å²) in [5.41, 5.74) is 8.86. The SMILES string of the molecule is COc1ccc2nc(N)n(Cc3cc(C)c(C)s3)c2n1. The van der Waals surface area contributed by atoms with Crippen molar-refractivity contribution in [3.05, 3.63) is 33.5 Å². The summed E-state index contributed by atoms with van der Waals surface area (Å²) in [6, 6.07) is 5.85. The molecule has 0 aliphatic rings. The van der Waals surface area contributed by atoms with Gasteiger partial charge in [-0.15, -0.1) is 11.3 Å². The van der Waals surface area contributed by atoms with Crippen molar-refractivity contribution in [2.75, 3.05) is 12.8 Å². The zero-order valence-electron chi connectivity index (χ0n) is 11.7. The third kappa shape index (κ3) is 2.12. The third-order valence-corrected chi connectivity index (χ3v) is 4.47. The molecule has 0 saturated carbocycles. The number of thiophene rings is 1. The first-order chi connectivity index (χ1) is 9.58. The molecule has 0 amide bonds. The van der Waals surface area contributed by atoms with E-state index >= 15 is 0 Å². The maximum absolute atomic E-state index is 6.01. The van der Waals surface area contributed by atoms with Gasteiger partial charge in [0.25, 0.3) is 0 Å². The van der Waals surface area contributed by atoms with Crippen LogP contribution in [0.4, 0.5) is 5.95 Å². The Balaban J connectivity index is 2.07. The molecule has 3 heterocycles. The maximum Gasteiger partial charge on any atom is 0.215 e. The Hall–Kier alpha value is -2.08. The van der Waals surface area contributed by atoms with Gasteiger partial charge in [-0.3, -0.25) is 4.57 Å². The monoisotopic (exact) mass is 288 g/mol. The van der Waals surface area contributed by atoms with Crippen molar-refractivity contribution in [1.29, 1.82) is 0 Å². The largest absolute Gasteiger partial charge is 0.481 e. The summed E-state index contributed by atoms with van der Waals surface area (Å²) >= 11 is 1.78. The van der Waals surface area contributed by atoms with Crippen LogP contribution in [-0.2, 0) is 6.54 Å². The fraction of sp³-hybridized carbons (Fsp3) is 0.286. The molecular weight excluding hydrogens is 272 g/mol. The Morgan fingerprint density at radius 2 is 2.10 bits per heavy atom. The highest BCUT2D eigenvalue weighted by Crippen LogP contribution is 2.25. The second-order valence-corrected chi connectivity index (χ2v) is 6.05. The Labute approximate surface area is 121 Å². The second kappa shape index (κ2) is 4.79. The van der Waals surface area contributed by atoms with E-state index in [1.807, 2.05) is 10.6 Å². The molecule has 6 heteroatoms. The Kier molecular flexibility index (Phi) is 3.10. The lowest BCUT2D eigenvalue weighted by Gasteiger charge is -2.04. The molecule has 0 aliphatic heterocycles. The molecule has 5 nitrogen and oxygen atoms in total. The number of anilines is 1. The van der Waals surface area contributed by atoms with E-state index < -0.39 is 0 Å². The van der Waals surface area contributed by atoms with E-state index in [9.17, 15) is 0 Å². The van der Waals surface area contributed by atoms with Gasteiger partial charge < -0.3 is 10.5 Å². The fourth-order valence-electron chi connectivity index (χ4n) is 2.15. The van der Waals surface area contributed by atoms with Crippen molar-refractivity contribution in [1.82, 2.24) is 14.5 Å². The van der Waals surface area contributed by atoms with Crippen molar-refractivity contribution in [3.63, 3.8) is 0 Å². The second-order valence-electron chi connectivity index (χ2n) is 4.70. The molecule has 3 aromatic heterocycles. The highest BCUT2D eigenvalue weighted by molar-refractivity contribution is 7.12. The predicted molar refractivity (Wildman–Crippen MR) is 81.4 cm³/mol. The van der Waals surface area contributed by atoms with E-state index in [0.717, 1.165) is 11.2 Å². The highest BCUT2D eigenvalue weighted by Gasteiger charge is 2.12. The molecule has 104 valence electrons. The average Bonchev–Trinajstić information content (AvgIpc) is 2.90. The van der Waals surface area contributed by atoms with E-state index in [1.165, 1.54) is 15.3 Å². The molecule has 2 N–H and O–H groups in total. The molecule has 0 atom stereocenters. The maximum atomic E-state index is 6.01. The molecule has 0 aromatic carbocycles. The van der Waals surface area contributed by atoms with Crippen molar-refractivity contribution in [2.45, 2.75) is 20.4 Å². The van der Waals surface area contributed by atoms with Crippen LogP contribution in [0.3, 0.4) is 0 Å². The number of pyridine rings is 1. The van der Waals surface area contributed by atoms with Crippen LogP contribution in [0.2, 0.25) is 0 Å². The lowest BCUT2D eigenvalue weighted by molar-refractivity contribution is 0.399. The van der Waals surface area contributed by atoms with Gasteiger partial charge in [0, 0.05) is 15.8 Å². The summed E-state index contributed by atoms with van der Waals surface area (Å²) in [7, 11) is 1.60. The van der Waals surface area contributed by atoms with Gasteiger partial charge in [0.05, 0.1) is 13.7 Å². The molecule has 3 aromatic rings. The molecule has 0 saturated heterocycles. The molecule has 0 aliphatic carbocycles. The van der Waals surface area contributed by atoms with E-state index in [4.69, 9.17) is 10.5 Å². The van der Waals surface area contributed by atoms with Crippen LogP contribution < -0.4 is 10.5 Å². The van der Waals surface area contributed by atoms with Gasteiger partial charge in [0.15, 0.2) is 5.65 Å². The summed E-state index contributed by atoms with van der Waals surface area (Å²) in [5.74, 6) is 1.04. The molecule has 0 spiro atoms. The Morgan fingerprint density at radius 1 is 1.30 bits per heavy atom. The number of ether oxygens (including phenoxy) is 1. The summed E-state index contributed by atoms with van der Waals surface area (Å²) in [6.45, 7) is 4.92. The first-order valence-corrected chi connectivity index (χ1v) is 7.13. The van der Waals surface area contributed by atoms with Crippen LogP contribution in [0.5, 0.6) is 5.88 Å². The van der Waals surface area contributed by atoms with Gasteiger partial charge in [0.2, 0.25) is 11.8 Å².